The van der Waals surface area contributed by atoms with Crippen molar-refractivity contribution < 1.29 is 9.90 Å². The Morgan fingerprint density at radius 3 is 2.38 bits per heavy atom. The molecule has 2 rings (SSSR count). The first-order valence-corrected chi connectivity index (χ1v) is 3.02. The van der Waals surface area contributed by atoms with Crippen LogP contribution in [0.25, 0.3) is 0 Å². The lowest BCUT2D eigenvalue weighted by Crippen LogP contribution is -2.24. The number of fused-ring (bicyclic) bond motifs is 1. The van der Waals surface area contributed by atoms with Gasteiger partial charge in [0.15, 0.2) is 0 Å². The highest BCUT2D eigenvalue weighted by Gasteiger charge is 2.56. The van der Waals surface area contributed by atoms with E-state index in [9.17, 15) is 4.79 Å². The molecule has 0 saturated heterocycles. The number of carbonyl (C=O) groups is 1. The Labute approximate surface area is 47.5 Å². The van der Waals surface area contributed by atoms with Gasteiger partial charge in [0.25, 0.3) is 0 Å². The van der Waals surface area contributed by atoms with Crippen LogP contribution in [-0.2, 0) is 4.79 Å². The normalized spacial score (nSPS) is 49.2. The first-order chi connectivity index (χ1) is 3.79. The number of rotatable bonds is 1. The van der Waals surface area contributed by atoms with Crippen molar-refractivity contribution >= 4 is 5.97 Å². The van der Waals surface area contributed by atoms with Crippen LogP contribution in [0.1, 0.15) is 12.8 Å². The van der Waals surface area contributed by atoms with Crippen molar-refractivity contribution in [3.63, 3.8) is 0 Å². The molecule has 2 saturated carbocycles. The minimum absolute atomic E-state index is 0.0417. The Balaban J connectivity index is 2.01. The Morgan fingerprint density at radius 1 is 1.50 bits per heavy atom. The van der Waals surface area contributed by atoms with E-state index in [0.717, 1.165) is 12.3 Å². The Kier molecular flexibility index (Phi) is 0.581. The second kappa shape index (κ2) is 1.07. The summed E-state index contributed by atoms with van der Waals surface area (Å²) >= 11 is 0. The molecule has 2 heteroatoms. The van der Waals surface area contributed by atoms with Gasteiger partial charge in [-0.3, -0.25) is 4.79 Å². The van der Waals surface area contributed by atoms with Gasteiger partial charge in [0.2, 0.25) is 0 Å². The van der Waals surface area contributed by atoms with Crippen LogP contribution in [0.2, 0.25) is 0 Å². The van der Waals surface area contributed by atoms with E-state index >= 15 is 0 Å². The van der Waals surface area contributed by atoms with Crippen LogP contribution in [0.5, 0.6) is 0 Å². The molecule has 2 fully saturated rings. The van der Waals surface area contributed by atoms with Crippen LogP contribution >= 0.6 is 0 Å². The quantitative estimate of drug-likeness (QED) is 0.542. The third-order valence-corrected chi connectivity index (χ3v) is 2.37. The van der Waals surface area contributed by atoms with Gasteiger partial charge in [0, 0.05) is 0 Å². The minimum Gasteiger partial charge on any atom is -0.481 e. The molecule has 1 N–H and O–H groups in total. The minimum atomic E-state index is -0.580. The van der Waals surface area contributed by atoms with Crippen molar-refractivity contribution in [3.8, 4) is 0 Å². The molecular weight excluding hydrogens is 104 g/mol. The summed E-state index contributed by atoms with van der Waals surface area (Å²) in [6.07, 6.45) is 2.15. The fraction of sp³-hybridized carbons (Fsp3) is 0.833. The molecule has 0 heterocycles. The summed E-state index contributed by atoms with van der Waals surface area (Å²) in [6, 6.07) is 0. The summed E-state index contributed by atoms with van der Waals surface area (Å²) < 4.78 is 0. The van der Waals surface area contributed by atoms with Gasteiger partial charge in [-0.15, -0.1) is 0 Å². The number of carboxylic acids is 1. The van der Waals surface area contributed by atoms with E-state index in [1.54, 1.807) is 0 Å². The van der Waals surface area contributed by atoms with Crippen LogP contribution in [-0.4, -0.2) is 11.1 Å². The molecule has 0 spiro atoms. The summed E-state index contributed by atoms with van der Waals surface area (Å²) in [5, 5.41) is 8.43. The number of aliphatic carboxylic acids is 1. The maximum absolute atomic E-state index is 10.2. The molecule has 3 atom stereocenters. The third-order valence-electron chi connectivity index (χ3n) is 2.37. The van der Waals surface area contributed by atoms with E-state index < -0.39 is 5.97 Å². The van der Waals surface area contributed by atoms with Gasteiger partial charge in [0.1, 0.15) is 0 Å². The SMILES string of the molecule is O=C(O)[C@H]1C[C@@H]2C[C@@H]21. The van der Waals surface area contributed by atoms with Crippen molar-refractivity contribution in [1.82, 2.24) is 0 Å². The second-order valence-electron chi connectivity index (χ2n) is 2.84. The largest absolute Gasteiger partial charge is 0.481 e. The van der Waals surface area contributed by atoms with E-state index in [-0.39, 0.29) is 5.92 Å². The molecular formula is C6H8O2. The van der Waals surface area contributed by atoms with Crippen molar-refractivity contribution in [1.29, 1.82) is 0 Å². The maximum Gasteiger partial charge on any atom is 0.306 e. The molecule has 44 valence electrons. The molecule has 0 amide bonds. The number of hydrogen-bond acceptors (Lipinski definition) is 1. The average Bonchev–Trinajstić information content (AvgIpc) is 2.13. The topological polar surface area (TPSA) is 37.3 Å². The highest BCUT2D eigenvalue weighted by molar-refractivity contribution is 5.72. The summed E-state index contributed by atoms with van der Waals surface area (Å²) in [5.41, 5.74) is 0. The van der Waals surface area contributed by atoms with Gasteiger partial charge in [0.05, 0.1) is 5.92 Å². The van der Waals surface area contributed by atoms with Crippen molar-refractivity contribution in [2.75, 3.05) is 0 Å². The molecule has 0 aromatic rings. The molecule has 0 unspecified atom stereocenters. The highest BCUT2D eigenvalue weighted by atomic mass is 16.4. The van der Waals surface area contributed by atoms with E-state index in [1.807, 2.05) is 0 Å². The molecule has 0 aromatic carbocycles. The molecule has 2 nitrogen and oxygen atoms in total. The van der Waals surface area contributed by atoms with E-state index in [0.29, 0.717) is 5.92 Å². The van der Waals surface area contributed by atoms with Crippen LogP contribution in [0.15, 0.2) is 0 Å². The van der Waals surface area contributed by atoms with Gasteiger partial charge in [-0.2, -0.15) is 0 Å². The van der Waals surface area contributed by atoms with Crippen LogP contribution < -0.4 is 0 Å². The van der Waals surface area contributed by atoms with Crippen molar-refractivity contribution in [2.24, 2.45) is 17.8 Å². The lowest BCUT2D eigenvalue weighted by Gasteiger charge is -2.18. The summed E-state index contributed by atoms with van der Waals surface area (Å²) in [5.74, 6) is 0.868. The fourth-order valence-electron chi connectivity index (χ4n) is 1.62. The highest BCUT2D eigenvalue weighted by Crippen LogP contribution is 2.59. The maximum atomic E-state index is 10.2. The first-order valence-electron chi connectivity index (χ1n) is 3.02. The van der Waals surface area contributed by atoms with Crippen molar-refractivity contribution in [2.45, 2.75) is 12.8 Å². The van der Waals surface area contributed by atoms with Crippen molar-refractivity contribution in [3.05, 3.63) is 0 Å². The molecule has 2 aliphatic rings. The smallest absolute Gasteiger partial charge is 0.306 e. The molecule has 0 aliphatic heterocycles. The fourth-order valence-corrected chi connectivity index (χ4v) is 1.62. The van der Waals surface area contributed by atoms with Crippen LogP contribution in [0, 0.1) is 17.8 Å². The lowest BCUT2D eigenvalue weighted by molar-refractivity contribution is -0.145. The number of hydrogen-bond donors (Lipinski definition) is 1. The predicted octanol–water partition coefficient (Wildman–Crippen LogP) is 0.727. The van der Waals surface area contributed by atoms with E-state index in [1.165, 1.54) is 6.42 Å². The summed E-state index contributed by atoms with van der Waals surface area (Å²) in [6.45, 7) is 0. The molecule has 0 radical (unpaired) electrons. The number of carboxylic acid groups (broad SMARTS) is 1. The molecule has 2 aliphatic carbocycles. The second-order valence-corrected chi connectivity index (χ2v) is 2.84. The standard InChI is InChI=1S/C6H8O2/c7-6(8)5-2-3-1-4(3)5/h3-5H,1-2H2,(H,7,8)/t3-,4-,5-/m0/s1. The predicted molar refractivity (Wildman–Crippen MR) is 27.3 cm³/mol. The average molecular weight is 112 g/mol. The molecule has 0 aromatic heterocycles. The Hall–Kier alpha value is -0.530. The lowest BCUT2D eigenvalue weighted by atomic mass is 9.86. The van der Waals surface area contributed by atoms with Crippen LogP contribution in [0.4, 0.5) is 0 Å². The molecule has 8 heavy (non-hydrogen) atoms. The van der Waals surface area contributed by atoms with Gasteiger partial charge < -0.3 is 5.11 Å². The Morgan fingerprint density at radius 2 is 2.25 bits per heavy atom. The van der Waals surface area contributed by atoms with E-state index in [2.05, 4.69) is 0 Å². The van der Waals surface area contributed by atoms with E-state index in [4.69, 9.17) is 5.11 Å². The van der Waals surface area contributed by atoms with Gasteiger partial charge in [-0.1, -0.05) is 0 Å². The summed E-state index contributed by atoms with van der Waals surface area (Å²) in [4.78, 5) is 10.2. The zero-order valence-corrected chi connectivity index (χ0v) is 4.50. The third kappa shape index (κ3) is 0.358. The first kappa shape index (κ1) is 4.36. The Bertz CT molecular complexity index is 141. The monoisotopic (exact) mass is 112 g/mol. The van der Waals surface area contributed by atoms with Crippen LogP contribution in [0.3, 0.4) is 0 Å². The molecule has 0 bridgehead atoms. The van der Waals surface area contributed by atoms with Gasteiger partial charge >= 0.3 is 5.97 Å². The van der Waals surface area contributed by atoms with Gasteiger partial charge in [-0.25, -0.2) is 0 Å². The zero-order valence-electron chi connectivity index (χ0n) is 4.50. The van der Waals surface area contributed by atoms with Gasteiger partial charge in [-0.05, 0) is 24.7 Å². The summed E-state index contributed by atoms with van der Waals surface area (Å²) in [7, 11) is 0. The zero-order chi connectivity index (χ0) is 5.72.